The molecule has 2 atom stereocenters. The van der Waals surface area contributed by atoms with Crippen molar-refractivity contribution in [3.8, 4) is 0 Å². The Labute approximate surface area is 145 Å². The number of amides is 1. The van der Waals surface area contributed by atoms with E-state index < -0.39 is 6.10 Å². The van der Waals surface area contributed by atoms with Gasteiger partial charge >= 0.3 is 0 Å². The third-order valence-electron chi connectivity index (χ3n) is 4.27. The van der Waals surface area contributed by atoms with Crippen LogP contribution in [0.25, 0.3) is 0 Å². The van der Waals surface area contributed by atoms with Gasteiger partial charge in [0.05, 0.1) is 19.3 Å². The molecule has 0 aliphatic carbocycles. The summed E-state index contributed by atoms with van der Waals surface area (Å²) >= 11 is 0. The number of hydrogen-bond donors (Lipinski definition) is 2. The summed E-state index contributed by atoms with van der Waals surface area (Å²) in [6.07, 6.45) is 1.55. The molecule has 1 fully saturated rings. The molecule has 1 aliphatic rings. The molecule has 5 heteroatoms. The molecule has 0 bridgehead atoms. The molecule has 1 aromatic rings. The smallest absolute Gasteiger partial charge is 0.222 e. The molecule has 0 radical (unpaired) electrons. The van der Waals surface area contributed by atoms with Crippen LogP contribution in [0.5, 0.6) is 0 Å². The summed E-state index contributed by atoms with van der Waals surface area (Å²) in [5, 5.41) is 13.3. The van der Waals surface area contributed by atoms with Crippen LogP contribution in [0, 0.1) is 5.92 Å². The molecule has 2 rings (SSSR count). The third-order valence-corrected chi connectivity index (χ3v) is 4.27. The van der Waals surface area contributed by atoms with Crippen LogP contribution >= 0.6 is 0 Å². The topological polar surface area (TPSA) is 61.8 Å². The number of likely N-dealkylation sites (tertiary alicyclic amines) is 1. The van der Waals surface area contributed by atoms with Crippen LogP contribution in [0.1, 0.15) is 32.3 Å². The Kier molecular flexibility index (Phi) is 7.69. The zero-order valence-electron chi connectivity index (χ0n) is 14.8. The van der Waals surface area contributed by atoms with Crippen LogP contribution in [0.4, 0.5) is 0 Å². The lowest BCUT2D eigenvalue weighted by Crippen LogP contribution is -2.50. The van der Waals surface area contributed by atoms with E-state index in [2.05, 4.69) is 10.2 Å². The number of carbonyl (C=O) groups excluding carboxylic acids is 1. The summed E-state index contributed by atoms with van der Waals surface area (Å²) in [5.41, 5.74) is 1.11. The predicted molar refractivity (Wildman–Crippen MR) is 94.5 cm³/mol. The van der Waals surface area contributed by atoms with E-state index in [0.29, 0.717) is 19.8 Å². The summed E-state index contributed by atoms with van der Waals surface area (Å²) in [5.74, 6) is 0.117. The average molecular weight is 334 g/mol. The maximum absolute atomic E-state index is 11.8. The first-order chi connectivity index (χ1) is 11.5. The molecule has 0 saturated carbocycles. The van der Waals surface area contributed by atoms with Crippen LogP contribution < -0.4 is 5.32 Å². The van der Waals surface area contributed by atoms with Gasteiger partial charge in [-0.25, -0.2) is 0 Å². The molecule has 24 heavy (non-hydrogen) atoms. The van der Waals surface area contributed by atoms with Crippen LogP contribution in [0.3, 0.4) is 0 Å². The number of aliphatic hydroxyl groups is 1. The van der Waals surface area contributed by atoms with Crippen molar-refractivity contribution in [2.75, 3.05) is 26.2 Å². The molecule has 0 spiro atoms. The van der Waals surface area contributed by atoms with Gasteiger partial charge in [-0.2, -0.15) is 0 Å². The fraction of sp³-hybridized carbons (Fsp3) is 0.632. The van der Waals surface area contributed by atoms with E-state index >= 15 is 0 Å². The molecule has 0 aromatic heterocycles. The van der Waals surface area contributed by atoms with Crippen molar-refractivity contribution in [1.82, 2.24) is 10.2 Å². The number of benzene rings is 1. The lowest BCUT2D eigenvalue weighted by Gasteiger charge is -2.34. The Morgan fingerprint density at radius 1 is 1.38 bits per heavy atom. The Morgan fingerprint density at radius 3 is 2.83 bits per heavy atom. The van der Waals surface area contributed by atoms with Gasteiger partial charge in [0, 0.05) is 25.0 Å². The van der Waals surface area contributed by atoms with Crippen LogP contribution in [-0.4, -0.2) is 54.3 Å². The van der Waals surface area contributed by atoms with Crippen molar-refractivity contribution in [3.63, 3.8) is 0 Å². The minimum absolute atomic E-state index is 0.0114. The van der Waals surface area contributed by atoms with Crippen molar-refractivity contribution in [3.05, 3.63) is 35.9 Å². The molecule has 1 saturated heterocycles. The second-order valence-electron chi connectivity index (χ2n) is 6.92. The monoisotopic (exact) mass is 334 g/mol. The number of piperidine rings is 1. The van der Waals surface area contributed by atoms with Gasteiger partial charge in [0.2, 0.25) is 5.91 Å². The van der Waals surface area contributed by atoms with E-state index in [9.17, 15) is 9.90 Å². The highest BCUT2D eigenvalue weighted by Crippen LogP contribution is 2.11. The highest BCUT2D eigenvalue weighted by atomic mass is 16.5. The van der Waals surface area contributed by atoms with Gasteiger partial charge in [-0.3, -0.25) is 9.69 Å². The first kappa shape index (κ1) is 18.9. The van der Waals surface area contributed by atoms with Gasteiger partial charge < -0.3 is 15.2 Å². The van der Waals surface area contributed by atoms with Gasteiger partial charge in [0.15, 0.2) is 0 Å². The first-order valence-electron chi connectivity index (χ1n) is 8.87. The van der Waals surface area contributed by atoms with Gasteiger partial charge in [0.1, 0.15) is 0 Å². The normalized spacial score (nSPS) is 20.1. The zero-order chi connectivity index (χ0) is 17.4. The average Bonchev–Trinajstić information content (AvgIpc) is 2.56. The molecule has 1 aromatic carbocycles. The van der Waals surface area contributed by atoms with E-state index in [4.69, 9.17) is 4.74 Å². The molecule has 134 valence electrons. The SMILES string of the molecule is CC(C)C(=O)NC1CCCN(CC(O)COCc2ccccc2)C1. The van der Waals surface area contributed by atoms with Crippen molar-refractivity contribution in [2.45, 2.75) is 45.4 Å². The number of nitrogens with zero attached hydrogens (tertiary/aromatic N) is 1. The van der Waals surface area contributed by atoms with Crippen LogP contribution in [0.2, 0.25) is 0 Å². The van der Waals surface area contributed by atoms with Gasteiger partial charge in [-0.05, 0) is 24.9 Å². The van der Waals surface area contributed by atoms with Gasteiger partial charge in [-0.15, -0.1) is 0 Å². The summed E-state index contributed by atoms with van der Waals surface area (Å²) < 4.78 is 5.60. The molecule has 1 amide bonds. The summed E-state index contributed by atoms with van der Waals surface area (Å²) in [6, 6.07) is 10.1. The Bertz CT molecular complexity index is 493. The Morgan fingerprint density at radius 2 is 2.12 bits per heavy atom. The highest BCUT2D eigenvalue weighted by molar-refractivity contribution is 5.78. The third kappa shape index (κ3) is 6.59. The standard InChI is InChI=1S/C19H30N2O3/c1-15(2)19(23)20-17-9-6-10-21(11-17)12-18(22)14-24-13-16-7-4-3-5-8-16/h3-5,7-8,15,17-18,22H,6,9-14H2,1-2H3,(H,20,23). The van der Waals surface area contributed by atoms with E-state index in [-0.39, 0.29) is 17.9 Å². The van der Waals surface area contributed by atoms with Crippen molar-refractivity contribution in [1.29, 1.82) is 0 Å². The van der Waals surface area contributed by atoms with Crippen LogP contribution in [0.15, 0.2) is 30.3 Å². The number of ether oxygens (including phenoxy) is 1. The molecule has 5 nitrogen and oxygen atoms in total. The van der Waals surface area contributed by atoms with E-state index in [1.54, 1.807) is 0 Å². The number of nitrogens with one attached hydrogen (secondary N) is 1. The van der Waals surface area contributed by atoms with E-state index in [1.165, 1.54) is 0 Å². The number of β-amino-alcohol motifs (C(OH)–C–C–N with tert-alkyl or cyclic N) is 1. The second kappa shape index (κ2) is 9.77. The lowest BCUT2D eigenvalue weighted by atomic mass is 10.0. The molecule has 2 unspecified atom stereocenters. The summed E-state index contributed by atoms with van der Waals surface area (Å²) in [7, 11) is 0. The largest absolute Gasteiger partial charge is 0.389 e. The lowest BCUT2D eigenvalue weighted by molar-refractivity contribution is -0.125. The quantitative estimate of drug-likeness (QED) is 0.761. The number of carbonyl (C=O) groups is 1. The van der Waals surface area contributed by atoms with Gasteiger partial charge in [-0.1, -0.05) is 44.2 Å². The minimum Gasteiger partial charge on any atom is -0.389 e. The van der Waals surface area contributed by atoms with E-state index in [0.717, 1.165) is 31.5 Å². The predicted octanol–water partition coefficient (Wildman–Crippen LogP) is 1.80. The number of hydrogen-bond acceptors (Lipinski definition) is 4. The molecular weight excluding hydrogens is 304 g/mol. The first-order valence-corrected chi connectivity index (χ1v) is 8.87. The van der Waals surface area contributed by atoms with E-state index in [1.807, 2.05) is 44.2 Å². The Balaban J connectivity index is 1.67. The number of aliphatic hydroxyl groups excluding tert-OH is 1. The zero-order valence-corrected chi connectivity index (χ0v) is 14.8. The number of rotatable bonds is 8. The fourth-order valence-electron chi connectivity index (χ4n) is 2.94. The van der Waals surface area contributed by atoms with Crippen LogP contribution in [-0.2, 0) is 16.1 Å². The summed E-state index contributed by atoms with van der Waals surface area (Å²) in [6.45, 7) is 7.01. The van der Waals surface area contributed by atoms with Crippen molar-refractivity contribution < 1.29 is 14.6 Å². The molecule has 1 aliphatic heterocycles. The molecule has 1 heterocycles. The summed E-state index contributed by atoms with van der Waals surface area (Å²) in [4.78, 5) is 14.0. The van der Waals surface area contributed by atoms with Gasteiger partial charge in [0.25, 0.3) is 0 Å². The highest BCUT2D eigenvalue weighted by Gasteiger charge is 2.23. The second-order valence-corrected chi connectivity index (χ2v) is 6.92. The maximum Gasteiger partial charge on any atom is 0.222 e. The van der Waals surface area contributed by atoms with Crippen molar-refractivity contribution >= 4 is 5.91 Å². The molecular formula is C19H30N2O3. The maximum atomic E-state index is 11.8. The fourth-order valence-corrected chi connectivity index (χ4v) is 2.94. The molecule has 2 N–H and O–H groups in total. The minimum atomic E-state index is -0.506. The Hall–Kier alpha value is -1.43. The van der Waals surface area contributed by atoms with Crippen molar-refractivity contribution in [2.24, 2.45) is 5.92 Å².